The topological polar surface area (TPSA) is 356 Å². The molecule has 0 aromatic heterocycles. The second-order valence-electron chi connectivity index (χ2n) is 14.6. The van der Waals surface area contributed by atoms with Gasteiger partial charge < -0.3 is 42.3 Å². The summed E-state index contributed by atoms with van der Waals surface area (Å²) in [5, 5.41) is 21.5. The number of aliphatic carboxylic acids is 1. The highest BCUT2D eigenvalue weighted by Gasteiger charge is 2.40. The van der Waals surface area contributed by atoms with Gasteiger partial charge in [0.15, 0.2) is 0 Å². The van der Waals surface area contributed by atoms with Crippen molar-refractivity contribution < 1.29 is 73.0 Å². The van der Waals surface area contributed by atoms with E-state index in [9.17, 15) is 55.5 Å². The lowest BCUT2D eigenvalue weighted by atomic mass is 10.0. The Morgan fingerprint density at radius 2 is 1.31 bits per heavy atom. The van der Waals surface area contributed by atoms with Crippen molar-refractivity contribution in [2.75, 3.05) is 19.7 Å². The summed E-state index contributed by atoms with van der Waals surface area (Å²) in [6.45, 7) is 1.61. The number of hydrogen-bond donors (Lipinski definition) is 9. The lowest BCUT2D eigenvalue weighted by molar-refractivity contribution is -0.141. The van der Waals surface area contributed by atoms with Crippen molar-refractivity contribution >= 4 is 62.3 Å². The zero-order valence-corrected chi connectivity index (χ0v) is 35.3. The number of carbonyl (C=O) groups is 7. The molecule has 1 aliphatic rings. The Balaban J connectivity index is 1.83. The Morgan fingerprint density at radius 1 is 0.774 bits per heavy atom. The highest BCUT2D eigenvalue weighted by molar-refractivity contribution is 7.81. The van der Waals surface area contributed by atoms with E-state index in [4.69, 9.17) is 14.8 Å². The third-order valence-corrected chi connectivity index (χ3v) is 10.1. The van der Waals surface area contributed by atoms with Gasteiger partial charge in [0.05, 0.1) is 13.0 Å². The van der Waals surface area contributed by atoms with Crippen molar-refractivity contribution in [3.8, 4) is 0 Å². The van der Waals surface area contributed by atoms with Crippen LogP contribution in [0.4, 0.5) is 4.79 Å². The number of carboxylic acids is 1. The first kappa shape index (κ1) is 50.6. The van der Waals surface area contributed by atoms with Crippen LogP contribution in [0.3, 0.4) is 0 Å². The standard InChI is InChI=1S/C37H51N7O16S2/c1-22(2)16-29(43-37(52)39-20-25(60-62(56,57)58)21-59-61(53,54)55)36(51)44-15-9-14-30(44)35(50)42-28(18-24-12-7-4-8-13-24)34(49)41-27(17-23-10-5-3-6-11-23)33(48)40-26(32(38)47)19-31(45)46/h3-8,10-13,22,25-30H,9,14-21H2,1-2H3,(H2,38,47)(H,40,48)(H,41,49)(H,42,50)(H,45,46)(H2,39,43,52)(H,53,54,55)(H,56,57,58)/t25-,26+,27+,28+,29+,30+/m1/s1. The quantitative estimate of drug-likeness (QED) is 0.0547. The van der Waals surface area contributed by atoms with Crippen LogP contribution in [-0.2, 0) is 70.8 Å². The van der Waals surface area contributed by atoms with Crippen molar-refractivity contribution in [1.82, 2.24) is 31.5 Å². The second-order valence-corrected chi connectivity index (χ2v) is 16.8. The molecular formula is C37H51N7O16S2. The van der Waals surface area contributed by atoms with Gasteiger partial charge in [-0.05, 0) is 36.3 Å². The highest BCUT2D eigenvalue weighted by Crippen LogP contribution is 2.21. The van der Waals surface area contributed by atoms with Gasteiger partial charge in [-0.1, -0.05) is 74.5 Å². The molecule has 23 nitrogen and oxygen atoms in total. The molecule has 0 spiro atoms. The van der Waals surface area contributed by atoms with E-state index in [-0.39, 0.29) is 38.1 Å². The van der Waals surface area contributed by atoms with Gasteiger partial charge in [0, 0.05) is 25.9 Å². The van der Waals surface area contributed by atoms with Crippen LogP contribution in [0.2, 0.25) is 0 Å². The van der Waals surface area contributed by atoms with Crippen LogP contribution in [0.25, 0.3) is 0 Å². The predicted octanol–water partition coefficient (Wildman–Crippen LogP) is -1.40. The number of amides is 7. The molecular weight excluding hydrogens is 863 g/mol. The van der Waals surface area contributed by atoms with Crippen LogP contribution >= 0.6 is 0 Å². The number of benzene rings is 2. The number of urea groups is 1. The predicted molar refractivity (Wildman–Crippen MR) is 216 cm³/mol. The van der Waals surface area contributed by atoms with Gasteiger partial charge in [-0.25, -0.2) is 13.2 Å². The number of nitrogens with one attached hydrogen (secondary N) is 5. The molecule has 0 saturated carbocycles. The number of nitrogens with zero attached hydrogens (tertiary/aromatic N) is 1. The maximum atomic E-state index is 14.1. The molecule has 1 aliphatic heterocycles. The second kappa shape index (κ2) is 23.5. The first-order valence-electron chi connectivity index (χ1n) is 19.1. The number of nitrogens with two attached hydrogens (primary N) is 1. The summed E-state index contributed by atoms with van der Waals surface area (Å²) in [5.41, 5.74) is 6.53. The maximum Gasteiger partial charge on any atom is 0.397 e. The van der Waals surface area contributed by atoms with Gasteiger partial charge in [-0.2, -0.15) is 16.8 Å². The van der Waals surface area contributed by atoms with Crippen molar-refractivity contribution in [1.29, 1.82) is 0 Å². The van der Waals surface area contributed by atoms with Crippen LogP contribution in [0.1, 0.15) is 50.7 Å². The van der Waals surface area contributed by atoms with Crippen LogP contribution in [0.5, 0.6) is 0 Å². The van der Waals surface area contributed by atoms with Crippen molar-refractivity contribution in [2.45, 2.75) is 88.7 Å². The largest absolute Gasteiger partial charge is 0.481 e. The van der Waals surface area contributed by atoms with E-state index in [1.807, 2.05) is 0 Å². The third kappa shape index (κ3) is 18.1. The molecule has 1 fully saturated rings. The molecule has 0 radical (unpaired) electrons. The van der Waals surface area contributed by atoms with E-state index in [2.05, 4.69) is 35.0 Å². The van der Waals surface area contributed by atoms with Crippen LogP contribution in [-0.4, -0.2) is 133 Å². The Bertz CT molecular complexity index is 2110. The van der Waals surface area contributed by atoms with Crippen LogP contribution in [0, 0.1) is 5.92 Å². The summed E-state index contributed by atoms with van der Waals surface area (Å²) in [5.74, 6) is -5.95. The molecule has 1 saturated heterocycles. The zero-order valence-electron chi connectivity index (χ0n) is 33.7. The molecule has 62 heavy (non-hydrogen) atoms. The summed E-state index contributed by atoms with van der Waals surface area (Å²) in [6.07, 6.45) is -2.33. The fourth-order valence-electron chi connectivity index (χ4n) is 6.39. The van der Waals surface area contributed by atoms with E-state index in [1.54, 1.807) is 74.5 Å². The summed E-state index contributed by atoms with van der Waals surface area (Å²) in [7, 11) is -10.3. The maximum absolute atomic E-state index is 14.1. The minimum atomic E-state index is -5.19. The van der Waals surface area contributed by atoms with Gasteiger partial charge >= 0.3 is 32.8 Å². The average Bonchev–Trinajstić information content (AvgIpc) is 3.68. The van der Waals surface area contributed by atoms with Crippen molar-refractivity contribution in [3.05, 3.63) is 71.8 Å². The third-order valence-electron chi connectivity index (χ3n) is 9.17. The SMILES string of the molecule is CC(C)C[C@H](NC(=O)NC[C@H](COS(=O)(=O)O)OS(=O)(=O)O)C(=O)N1CCC[C@H]1C(=O)N[C@@H](Cc1ccccc1)C(=O)N[C@@H](Cc1ccccc1)C(=O)N[C@@H](CC(=O)O)C(N)=O. The average molecular weight is 914 g/mol. The Labute approximate surface area is 357 Å². The first-order chi connectivity index (χ1) is 29.0. The lowest BCUT2D eigenvalue weighted by Gasteiger charge is -2.31. The molecule has 10 N–H and O–H groups in total. The molecule has 3 rings (SSSR count). The monoisotopic (exact) mass is 913 g/mol. The number of hydrogen-bond acceptors (Lipinski definition) is 13. The Morgan fingerprint density at radius 3 is 1.79 bits per heavy atom. The molecule has 2 aromatic rings. The summed E-state index contributed by atoms with van der Waals surface area (Å²) >= 11 is 0. The lowest BCUT2D eigenvalue weighted by Crippen LogP contribution is -2.60. The van der Waals surface area contributed by atoms with Gasteiger partial charge in [-0.3, -0.25) is 37.9 Å². The van der Waals surface area contributed by atoms with E-state index < -0.39 is 118 Å². The highest BCUT2D eigenvalue weighted by atomic mass is 32.3. The number of likely N-dealkylation sites (tertiary alicyclic amines) is 1. The van der Waals surface area contributed by atoms with E-state index in [0.29, 0.717) is 17.5 Å². The van der Waals surface area contributed by atoms with E-state index >= 15 is 0 Å². The summed E-state index contributed by atoms with van der Waals surface area (Å²) in [4.78, 5) is 93.3. The number of carboxylic acid groups (broad SMARTS) is 1. The number of primary amides is 1. The minimum Gasteiger partial charge on any atom is -0.481 e. The molecule has 6 atom stereocenters. The molecule has 0 bridgehead atoms. The number of rotatable bonds is 24. The molecule has 1 heterocycles. The zero-order chi connectivity index (χ0) is 46.2. The normalized spacial score (nSPS) is 16.5. The van der Waals surface area contributed by atoms with E-state index in [1.165, 1.54) is 4.90 Å². The fourth-order valence-corrected chi connectivity index (χ4v) is 7.19. The van der Waals surface area contributed by atoms with Gasteiger partial charge in [-0.15, -0.1) is 0 Å². The van der Waals surface area contributed by atoms with Crippen LogP contribution in [0.15, 0.2) is 60.7 Å². The van der Waals surface area contributed by atoms with E-state index in [0.717, 1.165) is 0 Å². The smallest absolute Gasteiger partial charge is 0.397 e. The molecule has 0 unspecified atom stereocenters. The Kier molecular flexibility index (Phi) is 19.2. The number of carbonyl (C=O) groups excluding carboxylic acids is 6. The summed E-state index contributed by atoms with van der Waals surface area (Å²) < 4.78 is 70.7. The molecule has 342 valence electrons. The minimum absolute atomic E-state index is 0.0425. The Hall–Kier alpha value is -5.73. The first-order valence-corrected chi connectivity index (χ1v) is 21.9. The molecule has 7 amide bonds. The molecule has 25 heteroatoms. The molecule has 2 aromatic carbocycles. The summed E-state index contributed by atoms with van der Waals surface area (Å²) in [6, 6.07) is 9.15. The van der Waals surface area contributed by atoms with Gasteiger partial charge in [0.1, 0.15) is 36.3 Å². The van der Waals surface area contributed by atoms with Crippen molar-refractivity contribution in [2.24, 2.45) is 11.7 Å². The molecule has 0 aliphatic carbocycles. The van der Waals surface area contributed by atoms with Crippen molar-refractivity contribution in [3.63, 3.8) is 0 Å². The van der Waals surface area contributed by atoms with Crippen LogP contribution < -0.4 is 32.3 Å². The fraction of sp³-hybridized carbons (Fsp3) is 0.486. The van der Waals surface area contributed by atoms with Gasteiger partial charge in [0.2, 0.25) is 29.5 Å². The van der Waals surface area contributed by atoms with Gasteiger partial charge in [0.25, 0.3) is 0 Å².